The topological polar surface area (TPSA) is 32.3 Å². The molecule has 0 aliphatic carbocycles. The number of carbonyl (C=O) groups excluding carboxylic acids is 1. The minimum atomic E-state index is 0.0934. The Morgan fingerprint density at radius 1 is 1.21 bits per heavy atom. The molecule has 3 fully saturated rings. The van der Waals surface area contributed by atoms with Gasteiger partial charge >= 0.3 is 0 Å². The van der Waals surface area contributed by atoms with E-state index in [1.54, 1.807) is 11.3 Å². The van der Waals surface area contributed by atoms with Gasteiger partial charge in [0.2, 0.25) is 0 Å². The van der Waals surface area contributed by atoms with E-state index in [2.05, 4.69) is 36.2 Å². The Morgan fingerprint density at radius 2 is 1.92 bits per heavy atom. The average molecular weight is 340 g/mol. The summed E-state index contributed by atoms with van der Waals surface area (Å²) in [5.41, 5.74) is 2.37. The molecular formula is C20H24N2OS. The quantitative estimate of drug-likeness (QED) is 0.918. The molecule has 2 aromatic rings. The number of piperidine rings is 3. The van der Waals surface area contributed by atoms with Crippen molar-refractivity contribution in [3.8, 4) is 10.4 Å². The van der Waals surface area contributed by atoms with Crippen LogP contribution in [0.4, 0.5) is 0 Å². The Hall–Kier alpha value is -1.65. The van der Waals surface area contributed by atoms with E-state index in [-0.39, 0.29) is 5.91 Å². The average Bonchev–Trinajstić information content (AvgIpc) is 3.01. The second-order valence-electron chi connectivity index (χ2n) is 7.10. The van der Waals surface area contributed by atoms with E-state index < -0.39 is 0 Å². The van der Waals surface area contributed by atoms with Gasteiger partial charge in [-0.25, -0.2) is 0 Å². The summed E-state index contributed by atoms with van der Waals surface area (Å²) in [6, 6.07) is 13.1. The predicted molar refractivity (Wildman–Crippen MR) is 99.5 cm³/mol. The van der Waals surface area contributed by atoms with Crippen molar-refractivity contribution in [2.45, 2.75) is 38.8 Å². The Kier molecular flexibility index (Phi) is 4.19. The highest BCUT2D eigenvalue weighted by Gasteiger charge is 2.40. The fraction of sp³-hybridized carbons (Fsp3) is 0.450. The molecule has 4 heteroatoms. The van der Waals surface area contributed by atoms with Crippen LogP contribution in [0.25, 0.3) is 10.4 Å². The molecule has 0 spiro atoms. The van der Waals surface area contributed by atoms with Gasteiger partial charge in [-0.05, 0) is 62.9 Å². The Morgan fingerprint density at radius 3 is 2.58 bits per heavy atom. The van der Waals surface area contributed by atoms with Crippen molar-refractivity contribution in [1.82, 2.24) is 10.2 Å². The fourth-order valence-electron chi connectivity index (χ4n) is 4.24. The van der Waals surface area contributed by atoms with Crippen molar-refractivity contribution in [2.75, 3.05) is 13.1 Å². The minimum Gasteiger partial charge on any atom is -0.347 e. The molecule has 5 rings (SSSR count). The molecule has 24 heavy (non-hydrogen) atoms. The molecule has 1 aromatic carbocycles. The van der Waals surface area contributed by atoms with Gasteiger partial charge in [-0.2, -0.15) is 0 Å². The number of hydrogen-bond acceptors (Lipinski definition) is 3. The molecule has 126 valence electrons. The molecule has 2 atom stereocenters. The van der Waals surface area contributed by atoms with Crippen molar-refractivity contribution in [2.24, 2.45) is 5.92 Å². The van der Waals surface area contributed by atoms with Gasteiger partial charge in [-0.15, -0.1) is 11.3 Å². The Balaban J connectivity index is 1.53. The molecule has 1 N–H and O–H groups in total. The maximum Gasteiger partial charge on any atom is 0.261 e. The summed E-state index contributed by atoms with van der Waals surface area (Å²) < 4.78 is 0. The maximum atomic E-state index is 12.8. The third-order valence-corrected chi connectivity index (χ3v) is 6.94. The second-order valence-corrected chi connectivity index (χ2v) is 8.15. The van der Waals surface area contributed by atoms with Crippen molar-refractivity contribution in [1.29, 1.82) is 0 Å². The van der Waals surface area contributed by atoms with Gasteiger partial charge in [-0.3, -0.25) is 9.69 Å². The largest absolute Gasteiger partial charge is 0.347 e. The SMILES string of the molecule is Cc1cc(C(=O)NC2C3CCN(CC3)C2C)sc1-c1ccccc1. The van der Waals surface area contributed by atoms with Crippen LogP contribution in [-0.4, -0.2) is 36.0 Å². The van der Waals surface area contributed by atoms with Crippen LogP contribution >= 0.6 is 11.3 Å². The molecule has 1 aromatic heterocycles. The van der Waals surface area contributed by atoms with Gasteiger partial charge in [0.15, 0.2) is 0 Å². The first-order valence-electron chi connectivity index (χ1n) is 8.84. The summed E-state index contributed by atoms with van der Waals surface area (Å²) in [5, 5.41) is 3.34. The first kappa shape index (κ1) is 15.9. The number of amides is 1. The van der Waals surface area contributed by atoms with E-state index in [1.807, 2.05) is 24.3 Å². The van der Waals surface area contributed by atoms with E-state index in [4.69, 9.17) is 0 Å². The van der Waals surface area contributed by atoms with Gasteiger partial charge in [0, 0.05) is 17.0 Å². The zero-order chi connectivity index (χ0) is 16.7. The van der Waals surface area contributed by atoms with E-state index >= 15 is 0 Å². The number of hydrogen-bond donors (Lipinski definition) is 1. The van der Waals surface area contributed by atoms with Gasteiger partial charge in [0.25, 0.3) is 5.91 Å². The molecule has 0 saturated carbocycles. The summed E-state index contributed by atoms with van der Waals surface area (Å²) in [6.07, 6.45) is 2.43. The molecule has 0 radical (unpaired) electrons. The Bertz CT molecular complexity index is 729. The van der Waals surface area contributed by atoms with E-state index in [1.165, 1.54) is 41.9 Å². The van der Waals surface area contributed by atoms with E-state index in [0.29, 0.717) is 18.0 Å². The first-order valence-corrected chi connectivity index (χ1v) is 9.66. The molecule has 1 amide bonds. The standard InChI is InChI=1S/C20H24N2OS/c1-13-12-17(24-19(13)16-6-4-3-5-7-16)20(23)21-18-14(2)22-10-8-15(18)9-11-22/h3-7,12,14-15,18H,8-11H2,1-2H3,(H,21,23). The second kappa shape index (κ2) is 6.34. The zero-order valence-corrected chi connectivity index (χ0v) is 15.1. The lowest BCUT2D eigenvalue weighted by Crippen LogP contribution is -2.62. The zero-order valence-electron chi connectivity index (χ0n) is 14.3. The van der Waals surface area contributed by atoms with Crippen LogP contribution in [-0.2, 0) is 0 Å². The number of rotatable bonds is 3. The summed E-state index contributed by atoms with van der Waals surface area (Å²) in [5.74, 6) is 0.736. The third kappa shape index (κ3) is 2.78. The monoisotopic (exact) mass is 340 g/mol. The highest BCUT2D eigenvalue weighted by molar-refractivity contribution is 7.17. The van der Waals surface area contributed by atoms with Crippen LogP contribution in [0.3, 0.4) is 0 Å². The molecule has 3 aliphatic heterocycles. The summed E-state index contributed by atoms with van der Waals surface area (Å²) in [7, 11) is 0. The number of aryl methyl sites for hydroxylation is 1. The molecule has 2 bridgehead atoms. The Labute approximate surface area is 147 Å². The normalized spacial score (nSPS) is 28.8. The van der Waals surface area contributed by atoms with Crippen molar-refractivity contribution >= 4 is 17.2 Å². The van der Waals surface area contributed by atoms with Crippen LogP contribution in [0.15, 0.2) is 36.4 Å². The van der Waals surface area contributed by atoms with E-state index in [0.717, 1.165) is 4.88 Å². The number of nitrogens with zero attached hydrogens (tertiary/aromatic N) is 1. The van der Waals surface area contributed by atoms with Crippen LogP contribution in [0, 0.1) is 12.8 Å². The fourth-order valence-corrected chi connectivity index (χ4v) is 5.32. The third-order valence-electron chi connectivity index (χ3n) is 5.65. The lowest BCUT2D eigenvalue weighted by atomic mass is 9.79. The van der Waals surface area contributed by atoms with Crippen molar-refractivity contribution < 1.29 is 4.79 Å². The molecule has 3 saturated heterocycles. The van der Waals surface area contributed by atoms with Crippen LogP contribution in [0.5, 0.6) is 0 Å². The van der Waals surface area contributed by atoms with Gasteiger partial charge < -0.3 is 5.32 Å². The van der Waals surface area contributed by atoms with Gasteiger partial charge in [0.05, 0.1) is 4.88 Å². The number of carbonyl (C=O) groups is 1. The smallest absolute Gasteiger partial charge is 0.261 e. The lowest BCUT2D eigenvalue weighted by molar-refractivity contribution is 0.0218. The molecule has 3 nitrogen and oxygen atoms in total. The summed E-state index contributed by atoms with van der Waals surface area (Å²) >= 11 is 1.60. The van der Waals surface area contributed by atoms with Crippen molar-refractivity contribution in [3.63, 3.8) is 0 Å². The molecule has 4 heterocycles. The highest BCUT2D eigenvalue weighted by Crippen LogP contribution is 2.34. The highest BCUT2D eigenvalue weighted by atomic mass is 32.1. The summed E-state index contributed by atoms with van der Waals surface area (Å²) in [4.78, 5) is 17.4. The maximum absolute atomic E-state index is 12.8. The molecular weight excluding hydrogens is 316 g/mol. The van der Waals surface area contributed by atoms with E-state index in [9.17, 15) is 4.79 Å². The van der Waals surface area contributed by atoms with Crippen molar-refractivity contribution in [3.05, 3.63) is 46.8 Å². The predicted octanol–water partition coefficient (Wildman–Crippen LogP) is 3.94. The van der Waals surface area contributed by atoms with Gasteiger partial charge in [-0.1, -0.05) is 30.3 Å². The first-order chi connectivity index (χ1) is 11.6. The number of nitrogens with one attached hydrogen (secondary N) is 1. The summed E-state index contributed by atoms with van der Waals surface area (Å²) in [6.45, 7) is 6.72. The number of benzene rings is 1. The molecule has 3 aliphatic rings. The van der Waals surface area contributed by atoms with Crippen LogP contribution in [0.1, 0.15) is 35.0 Å². The van der Waals surface area contributed by atoms with Gasteiger partial charge in [0.1, 0.15) is 0 Å². The van der Waals surface area contributed by atoms with Crippen LogP contribution < -0.4 is 5.32 Å². The number of thiophene rings is 1. The minimum absolute atomic E-state index is 0.0934. The molecule has 2 unspecified atom stereocenters. The lowest BCUT2D eigenvalue weighted by Gasteiger charge is -2.49. The van der Waals surface area contributed by atoms with Crippen LogP contribution in [0.2, 0.25) is 0 Å². The number of fused-ring (bicyclic) bond motifs is 3.